The van der Waals surface area contributed by atoms with Crippen LogP contribution in [0.15, 0.2) is 60.8 Å². The molecule has 242 valence electrons. The van der Waals surface area contributed by atoms with E-state index in [1.165, 1.54) is 4.90 Å². The van der Waals surface area contributed by atoms with Gasteiger partial charge >= 0.3 is 12.4 Å². The van der Waals surface area contributed by atoms with E-state index in [1.54, 1.807) is 0 Å². The van der Waals surface area contributed by atoms with Crippen LogP contribution >= 0.6 is 24.8 Å². The largest absolute Gasteiger partial charge is 0.416 e. The van der Waals surface area contributed by atoms with E-state index in [-0.39, 0.29) is 37.4 Å². The number of benzene rings is 2. The van der Waals surface area contributed by atoms with Crippen molar-refractivity contribution in [3.05, 3.63) is 83.1 Å². The van der Waals surface area contributed by atoms with E-state index in [9.17, 15) is 31.1 Å². The van der Waals surface area contributed by atoms with Gasteiger partial charge < -0.3 is 14.6 Å². The van der Waals surface area contributed by atoms with Crippen molar-refractivity contribution in [2.24, 2.45) is 0 Å². The number of carbonyl (C=O) groups is 1. The molecular formula is C30H34Cl2F6N4O2. The van der Waals surface area contributed by atoms with Crippen LogP contribution in [0, 0.1) is 0 Å². The molecule has 14 heteroatoms. The smallest absolute Gasteiger partial charge is 0.379 e. The molecule has 0 radical (unpaired) electrons. The van der Waals surface area contributed by atoms with Crippen molar-refractivity contribution in [1.29, 1.82) is 0 Å². The SMILES string of the molecule is Cl.Cl.O=C(c1cc(C(F)(F)F)cc(C(F)(F)F)c1)N1CCN(CC=CCN2CCOCC2)C[C@H]1Cc1c[nH]c2ccccc12. The van der Waals surface area contributed by atoms with Gasteiger partial charge in [0, 0.05) is 74.5 Å². The number of halogens is 8. The van der Waals surface area contributed by atoms with E-state index in [4.69, 9.17) is 4.74 Å². The summed E-state index contributed by atoms with van der Waals surface area (Å²) < 4.78 is 86.5. The second-order valence-corrected chi connectivity index (χ2v) is 10.7. The molecule has 1 atom stereocenters. The molecule has 2 aliphatic rings. The molecule has 0 spiro atoms. The summed E-state index contributed by atoms with van der Waals surface area (Å²) in [6, 6.07) is 8.22. The number of amides is 1. The minimum absolute atomic E-state index is 0. The predicted octanol–water partition coefficient (Wildman–Crippen LogP) is 6.31. The minimum Gasteiger partial charge on any atom is -0.379 e. The Bertz CT molecular complexity index is 1390. The fourth-order valence-corrected chi connectivity index (χ4v) is 5.56. The lowest BCUT2D eigenvalue weighted by Gasteiger charge is -2.41. The van der Waals surface area contributed by atoms with E-state index >= 15 is 0 Å². The van der Waals surface area contributed by atoms with Crippen molar-refractivity contribution in [3.63, 3.8) is 0 Å². The molecule has 0 unspecified atom stereocenters. The molecular weight excluding hydrogens is 633 g/mol. The third-order valence-corrected chi connectivity index (χ3v) is 7.79. The number of piperazine rings is 1. The number of para-hydroxylation sites is 1. The number of rotatable bonds is 7. The Balaban J connectivity index is 0.00000264. The molecule has 3 aromatic rings. The van der Waals surface area contributed by atoms with Crippen LogP contribution in [0.2, 0.25) is 0 Å². The number of aromatic amines is 1. The number of alkyl halides is 6. The van der Waals surface area contributed by atoms with Gasteiger partial charge in [-0.1, -0.05) is 30.4 Å². The van der Waals surface area contributed by atoms with Gasteiger partial charge in [0.2, 0.25) is 0 Å². The van der Waals surface area contributed by atoms with E-state index < -0.39 is 41.0 Å². The first-order valence-electron chi connectivity index (χ1n) is 13.8. The van der Waals surface area contributed by atoms with Crippen LogP contribution in [0.4, 0.5) is 26.3 Å². The van der Waals surface area contributed by atoms with Crippen LogP contribution in [0.25, 0.3) is 10.9 Å². The highest BCUT2D eigenvalue weighted by Gasteiger charge is 2.39. The van der Waals surface area contributed by atoms with Gasteiger partial charge in [0.25, 0.3) is 5.91 Å². The number of morpholine rings is 1. The van der Waals surface area contributed by atoms with E-state index in [0.29, 0.717) is 51.4 Å². The Labute approximate surface area is 263 Å². The number of aromatic nitrogens is 1. The summed E-state index contributed by atoms with van der Waals surface area (Å²) >= 11 is 0. The first-order valence-corrected chi connectivity index (χ1v) is 13.8. The molecule has 2 aliphatic heterocycles. The van der Waals surface area contributed by atoms with Gasteiger partial charge in [0.15, 0.2) is 0 Å². The maximum absolute atomic E-state index is 13.6. The second kappa shape index (κ2) is 15.0. The lowest BCUT2D eigenvalue weighted by atomic mass is 9.98. The third-order valence-electron chi connectivity index (χ3n) is 7.79. The van der Waals surface area contributed by atoms with Crippen LogP contribution < -0.4 is 0 Å². The maximum atomic E-state index is 13.6. The third kappa shape index (κ3) is 8.69. The van der Waals surface area contributed by atoms with Gasteiger partial charge in [-0.05, 0) is 36.2 Å². The highest BCUT2D eigenvalue weighted by atomic mass is 35.5. The van der Waals surface area contributed by atoms with Crippen molar-refractivity contribution in [3.8, 4) is 0 Å². The standard InChI is InChI=1S/C30H32F6N4O2.2ClH/c31-29(32,33)23-15-21(16-24(18-23)30(34,35)36)28(41)40-10-9-39(8-4-3-7-38-11-13-42-14-12-38)20-25(40)17-22-19-37-27-6-2-1-5-26(22)27;;/h1-6,15-16,18-19,25,37H,7-14,17,20H2;2*1H/t25-;;/m1../s1. The van der Waals surface area contributed by atoms with Gasteiger partial charge in [-0.15, -0.1) is 24.8 Å². The number of hydrogen-bond acceptors (Lipinski definition) is 4. The molecule has 1 N–H and O–H groups in total. The van der Waals surface area contributed by atoms with Gasteiger partial charge in [0.1, 0.15) is 0 Å². The fourth-order valence-electron chi connectivity index (χ4n) is 5.56. The Morgan fingerprint density at radius 3 is 2.11 bits per heavy atom. The van der Waals surface area contributed by atoms with Crippen LogP contribution in [0.5, 0.6) is 0 Å². The van der Waals surface area contributed by atoms with Crippen molar-refractivity contribution in [2.45, 2.75) is 24.8 Å². The van der Waals surface area contributed by atoms with Gasteiger partial charge in [-0.3, -0.25) is 14.6 Å². The average Bonchev–Trinajstić information content (AvgIpc) is 3.37. The zero-order valence-corrected chi connectivity index (χ0v) is 25.3. The summed E-state index contributed by atoms with van der Waals surface area (Å²) in [5.74, 6) is -0.848. The van der Waals surface area contributed by atoms with Crippen LogP contribution in [0.3, 0.4) is 0 Å². The molecule has 5 rings (SSSR count). The summed E-state index contributed by atoms with van der Waals surface area (Å²) in [6.45, 7) is 5.55. The van der Waals surface area contributed by atoms with Gasteiger partial charge in [0.05, 0.1) is 24.3 Å². The van der Waals surface area contributed by atoms with Crippen molar-refractivity contribution in [2.75, 3.05) is 59.0 Å². The van der Waals surface area contributed by atoms with Crippen LogP contribution in [0.1, 0.15) is 27.0 Å². The van der Waals surface area contributed by atoms with Crippen molar-refractivity contribution in [1.82, 2.24) is 19.7 Å². The topological polar surface area (TPSA) is 51.8 Å². The number of hydrogen-bond donors (Lipinski definition) is 1. The summed E-state index contributed by atoms with van der Waals surface area (Å²) in [5.41, 5.74) is -1.81. The lowest BCUT2D eigenvalue weighted by Crippen LogP contribution is -2.56. The molecule has 2 saturated heterocycles. The first kappa shape index (κ1) is 35.7. The van der Waals surface area contributed by atoms with Gasteiger partial charge in [-0.25, -0.2) is 0 Å². The number of nitrogens with one attached hydrogen (secondary N) is 1. The molecule has 0 bridgehead atoms. The van der Waals surface area contributed by atoms with E-state index in [2.05, 4.69) is 26.9 Å². The average molecular weight is 668 g/mol. The molecule has 0 aliphatic carbocycles. The van der Waals surface area contributed by atoms with E-state index in [1.807, 2.05) is 30.5 Å². The number of H-pyrrole nitrogens is 1. The quantitative estimate of drug-likeness (QED) is 0.237. The van der Waals surface area contributed by atoms with E-state index in [0.717, 1.165) is 36.1 Å². The monoisotopic (exact) mass is 666 g/mol. The number of carbonyl (C=O) groups excluding carboxylic acids is 1. The van der Waals surface area contributed by atoms with Gasteiger partial charge in [-0.2, -0.15) is 26.3 Å². The second-order valence-electron chi connectivity index (χ2n) is 10.7. The summed E-state index contributed by atoms with van der Waals surface area (Å²) in [7, 11) is 0. The normalized spacial score (nSPS) is 18.8. The molecule has 1 aromatic heterocycles. The summed E-state index contributed by atoms with van der Waals surface area (Å²) in [6.07, 6.45) is -3.72. The Morgan fingerprint density at radius 2 is 1.48 bits per heavy atom. The highest BCUT2D eigenvalue weighted by Crippen LogP contribution is 2.37. The Kier molecular flexibility index (Phi) is 12.2. The maximum Gasteiger partial charge on any atom is 0.416 e. The zero-order chi connectivity index (χ0) is 29.9. The molecule has 2 aromatic carbocycles. The number of ether oxygens (including phenoxy) is 1. The number of fused-ring (bicyclic) bond motifs is 1. The fraction of sp³-hybridized carbons (Fsp3) is 0.433. The van der Waals surface area contributed by atoms with Crippen LogP contribution in [-0.2, 0) is 23.5 Å². The highest BCUT2D eigenvalue weighted by molar-refractivity contribution is 5.95. The Hall–Kier alpha value is -2.77. The summed E-state index contributed by atoms with van der Waals surface area (Å²) in [5, 5.41) is 0.950. The first-order chi connectivity index (χ1) is 20.0. The molecule has 6 nitrogen and oxygen atoms in total. The lowest BCUT2D eigenvalue weighted by molar-refractivity contribution is -0.143. The minimum atomic E-state index is -5.04. The number of nitrogens with zero attached hydrogens (tertiary/aromatic N) is 3. The molecule has 1 amide bonds. The zero-order valence-electron chi connectivity index (χ0n) is 23.7. The van der Waals surface area contributed by atoms with Crippen LogP contribution in [-0.4, -0.2) is 90.7 Å². The molecule has 0 saturated carbocycles. The predicted molar refractivity (Wildman–Crippen MR) is 161 cm³/mol. The van der Waals surface area contributed by atoms with Crippen molar-refractivity contribution < 1.29 is 35.9 Å². The molecule has 2 fully saturated rings. The Morgan fingerprint density at radius 1 is 0.864 bits per heavy atom. The molecule has 3 heterocycles. The van der Waals surface area contributed by atoms with Crippen molar-refractivity contribution >= 4 is 41.6 Å². The molecule has 44 heavy (non-hydrogen) atoms. The summed E-state index contributed by atoms with van der Waals surface area (Å²) in [4.78, 5) is 22.7.